The molecule has 0 fully saturated rings. The zero-order valence-corrected chi connectivity index (χ0v) is 19.0. The van der Waals surface area contributed by atoms with E-state index in [-0.39, 0.29) is 0 Å². The summed E-state index contributed by atoms with van der Waals surface area (Å²) in [5, 5.41) is 12.0. The summed E-state index contributed by atoms with van der Waals surface area (Å²) < 4.78 is 25.8. The molecule has 1 aliphatic heterocycles. The molecule has 0 N–H and O–H groups in total. The van der Waals surface area contributed by atoms with Crippen LogP contribution in [0.5, 0.6) is 0 Å². The first-order chi connectivity index (χ1) is 12.9. The number of hydrogen-bond donors (Lipinski definition) is 0. The van der Waals surface area contributed by atoms with Gasteiger partial charge in [0.25, 0.3) is 0 Å². The Morgan fingerprint density at radius 1 is 1.04 bits per heavy atom. The number of hydroxylamine groups is 2. The molecule has 0 amide bonds. The molecule has 1 rings (SSSR count). The fraction of sp³-hybridized carbons (Fsp3) is 0.905. The quantitative estimate of drug-likeness (QED) is 0.274. The third kappa shape index (κ3) is 6.88. The minimum atomic E-state index is -3.58. The van der Waals surface area contributed by atoms with Gasteiger partial charge in [-0.15, -0.1) is 0 Å². The molecule has 160 valence electrons. The largest absolute Gasteiger partial charge is 0.758 e. The van der Waals surface area contributed by atoms with Crippen LogP contribution in [0.1, 0.15) is 92.4 Å². The molecule has 3 atom stereocenters. The average Bonchev–Trinajstić information content (AvgIpc) is 3.02. The lowest BCUT2D eigenvalue weighted by Crippen LogP contribution is -2.37. The Balaban J connectivity index is 2.84. The van der Waals surface area contributed by atoms with E-state index in [0.717, 1.165) is 56.4 Å². The van der Waals surface area contributed by atoms with Crippen LogP contribution in [0, 0.1) is 17.0 Å². The van der Waals surface area contributed by atoms with Crippen molar-refractivity contribution in [2.24, 2.45) is 11.8 Å². The molecule has 0 saturated heterocycles. The van der Waals surface area contributed by atoms with Gasteiger partial charge in [0.2, 0.25) is 0 Å². The van der Waals surface area contributed by atoms with E-state index in [2.05, 4.69) is 27.7 Å². The summed E-state index contributed by atoms with van der Waals surface area (Å²) in [4.78, 5) is 0. The average molecular weight is 403 g/mol. The Bertz CT molecular complexity index is 461. The lowest BCUT2D eigenvalue weighted by Gasteiger charge is -2.45. The molecular formula is C21H41NO4P-. The molecule has 6 heteroatoms. The van der Waals surface area contributed by atoms with E-state index in [0.29, 0.717) is 31.5 Å². The van der Waals surface area contributed by atoms with Crippen molar-refractivity contribution in [3.8, 4) is 0 Å². The lowest BCUT2D eigenvalue weighted by molar-refractivity contribution is 0.122. The molecule has 27 heavy (non-hydrogen) atoms. The highest BCUT2D eigenvalue weighted by Crippen LogP contribution is 2.64. The second-order valence-corrected chi connectivity index (χ2v) is 10.5. The minimum Gasteiger partial charge on any atom is -0.758 e. The molecule has 0 spiro atoms. The topological polar surface area (TPSA) is 61.8 Å². The van der Waals surface area contributed by atoms with Gasteiger partial charge in [0, 0.05) is 6.42 Å². The summed E-state index contributed by atoms with van der Waals surface area (Å²) in [6.07, 6.45) is 12.2. The zero-order chi connectivity index (χ0) is 20.3. The summed E-state index contributed by atoms with van der Waals surface area (Å²) in [5.41, 5.74) is 0. The van der Waals surface area contributed by atoms with E-state index < -0.39 is 12.9 Å². The highest BCUT2D eigenvalue weighted by Gasteiger charge is 2.49. The predicted octanol–water partition coefficient (Wildman–Crippen LogP) is 7.08. The maximum atomic E-state index is 13.8. The van der Waals surface area contributed by atoms with Crippen molar-refractivity contribution >= 4 is 7.60 Å². The Morgan fingerprint density at radius 3 is 1.85 bits per heavy atom. The smallest absolute Gasteiger partial charge is 0.355 e. The first-order valence-corrected chi connectivity index (χ1v) is 12.4. The van der Waals surface area contributed by atoms with Gasteiger partial charge in [0.15, 0.2) is 0 Å². The summed E-state index contributed by atoms with van der Waals surface area (Å²) >= 11 is 0. The van der Waals surface area contributed by atoms with Crippen LogP contribution in [-0.2, 0) is 13.6 Å². The monoisotopic (exact) mass is 402 g/mol. The van der Waals surface area contributed by atoms with E-state index in [1.807, 2.05) is 0 Å². The molecule has 0 bridgehead atoms. The molecule has 0 radical (unpaired) electrons. The first kappa shape index (κ1) is 24.7. The Labute approximate surface area is 167 Å². The van der Waals surface area contributed by atoms with E-state index in [9.17, 15) is 9.77 Å². The van der Waals surface area contributed by atoms with Crippen molar-refractivity contribution in [2.45, 2.75) is 97.7 Å². The third-order valence-corrected chi connectivity index (χ3v) is 8.39. The van der Waals surface area contributed by atoms with Crippen molar-refractivity contribution in [1.82, 2.24) is 5.06 Å². The summed E-state index contributed by atoms with van der Waals surface area (Å²) in [6, 6.07) is 0. The van der Waals surface area contributed by atoms with Crippen LogP contribution in [0.3, 0.4) is 0 Å². The van der Waals surface area contributed by atoms with Crippen molar-refractivity contribution in [3.05, 3.63) is 17.5 Å². The van der Waals surface area contributed by atoms with Gasteiger partial charge < -0.3 is 19.3 Å². The van der Waals surface area contributed by atoms with Crippen LogP contribution in [-0.4, -0.2) is 23.6 Å². The number of rotatable bonds is 15. The van der Waals surface area contributed by atoms with Gasteiger partial charge in [0.05, 0.1) is 13.2 Å². The molecule has 0 aliphatic carbocycles. The van der Waals surface area contributed by atoms with Crippen molar-refractivity contribution in [1.29, 1.82) is 0 Å². The SMILES string of the molecule is CCCCC(CC)COP(=O)(OCC(CC)CCCC)C1(C)CC=CN1[O-]. The lowest BCUT2D eigenvalue weighted by atomic mass is 10.0. The van der Waals surface area contributed by atoms with Gasteiger partial charge in [-0.2, -0.15) is 0 Å². The molecule has 3 unspecified atom stereocenters. The Hall–Kier alpha value is -0.350. The molecule has 1 heterocycles. The van der Waals surface area contributed by atoms with Crippen molar-refractivity contribution in [2.75, 3.05) is 13.2 Å². The maximum Gasteiger partial charge on any atom is 0.355 e. The Morgan fingerprint density at radius 2 is 1.52 bits per heavy atom. The highest BCUT2D eigenvalue weighted by atomic mass is 31.2. The summed E-state index contributed by atoms with van der Waals surface area (Å²) in [5.74, 6) is 0.698. The molecule has 0 aromatic carbocycles. The van der Waals surface area contributed by atoms with Crippen molar-refractivity contribution < 1.29 is 13.6 Å². The second kappa shape index (κ2) is 12.3. The number of hydrogen-bond acceptors (Lipinski definition) is 5. The highest BCUT2D eigenvalue weighted by molar-refractivity contribution is 7.55. The maximum absolute atomic E-state index is 13.8. The van der Waals surface area contributed by atoms with Gasteiger partial charge in [-0.3, -0.25) is 4.57 Å². The van der Waals surface area contributed by atoms with Gasteiger partial charge in [-0.1, -0.05) is 72.3 Å². The van der Waals surface area contributed by atoms with E-state index in [1.165, 1.54) is 6.20 Å². The number of nitrogens with zero attached hydrogens (tertiary/aromatic N) is 1. The van der Waals surface area contributed by atoms with Crippen LogP contribution in [0.15, 0.2) is 12.3 Å². The summed E-state index contributed by atoms with van der Waals surface area (Å²) in [6.45, 7) is 11.1. The normalized spacial score (nSPS) is 24.1. The standard InChI is InChI=1S/C21H41NO4P/c1-6-10-13-19(8-3)17-25-27(24,21(5)15-12-16-22(21)23)26-18-20(9-4)14-11-7-2/h12,16,19-20H,6-11,13-15,17-18H2,1-5H3/q-1. The van der Waals surface area contributed by atoms with Gasteiger partial charge in [-0.05, 0) is 37.8 Å². The van der Waals surface area contributed by atoms with Gasteiger partial charge in [0.1, 0.15) is 5.28 Å². The molecule has 0 aromatic heterocycles. The molecule has 0 saturated carbocycles. The molecule has 1 aliphatic rings. The van der Waals surface area contributed by atoms with Crippen LogP contribution in [0.4, 0.5) is 0 Å². The Kier molecular flexibility index (Phi) is 11.2. The van der Waals surface area contributed by atoms with Crippen molar-refractivity contribution in [3.63, 3.8) is 0 Å². The van der Waals surface area contributed by atoms with Gasteiger partial charge in [-0.25, -0.2) is 0 Å². The van der Waals surface area contributed by atoms with Crippen LogP contribution < -0.4 is 0 Å². The van der Waals surface area contributed by atoms with E-state index in [4.69, 9.17) is 9.05 Å². The minimum absolute atomic E-state index is 0.349. The molecule has 0 aromatic rings. The molecular weight excluding hydrogens is 361 g/mol. The predicted molar refractivity (Wildman–Crippen MR) is 113 cm³/mol. The van der Waals surface area contributed by atoms with E-state index in [1.54, 1.807) is 13.0 Å². The fourth-order valence-electron chi connectivity index (χ4n) is 3.37. The van der Waals surface area contributed by atoms with Crippen LogP contribution in [0.2, 0.25) is 0 Å². The van der Waals surface area contributed by atoms with Crippen LogP contribution in [0.25, 0.3) is 0 Å². The summed E-state index contributed by atoms with van der Waals surface area (Å²) in [7, 11) is -3.58. The third-order valence-electron chi connectivity index (χ3n) is 5.86. The first-order valence-electron chi connectivity index (χ1n) is 10.9. The number of unbranched alkanes of at least 4 members (excludes halogenated alkanes) is 2. The fourth-order valence-corrected chi connectivity index (χ4v) is 5.46. The second-order valence-electron chi connectivity index (χ2n) is 8.05. The zero-order valence-electron chi connectivity index (χ0n) is 18.1. The molecule has 5 nitrogen and oxygen atoms in total. The van der Waals surface area contributed by atoms with E-state index >= 15 is 0 Å². The van der Waals surface area contributed by atoms with Gasteiger partial charge >= 0.3 is 7.60 Å². The van der Waals surface area contributed by atoms with Crippen LogP contribution >= 0.6 is 7.60 Å².